The molecular formula is C17H34O. The van der Waals surface area contributed by atoms with Crippen LogP contribution in [-0.2, 0) is 4.74 Å². The van der Waals surface area contributed by atoms with Crippen LogP contribution in [0.3, 0.4) is 0 Å². The maximum Gasteiger partial charge on any atom is 0.0598 e. The summed E-state index contributed by atoms with van der Waals surface area (Å²) in [5.74, 6) is 0. The minimum absolute atomic E-state index is 0.0384. The summed E-state index contributed by atoms with van der Waals surface area (Å²) < 4.78 is 6.03. The molecule has 0 aliphatic carbocycles. The predicted octanol–water partition coefficient (Wildman–Crippen LogP) is 5.60. The van der Waals surface area contributed by atoms with Crippen LogP contribution >= 0.6 is 0 Å². The molecule has 1 nitrogen and oxygen atoms in total. The Balaban J connectivity index is 4.57. The maximum absolute atomic E-state index is 6.03. The van der Waals surface area contributed by atoms with E-state index >= 15 is 0 Å². The van der Waals surface area contributed by atoms with E-state index in [4.69, 9.17) is 4.74 Å². The minimum atomic E-state index is -0.0384. The molecule has 0 saturated heterocycles. The Kier molecular flexibility index (Phi) is 6.63. The first-order valence-corrected chi connectivity index (χ1v) is 7.35. The third-order valence-electron chi connectivity index (χ3n) is 3.48. The van der Waals surface area contributed by atoms with Gasteiger partial charge < -0.3 is 4.74 Å². The Morgan fingerprint density at radius 2 is 1.39 bits per heavy atom. The molecule has 0 aliphatic heterocycles. The maximum atomic E-state index is 6.03. The summed E-state index contributed by atoms with van der Waals surface area (Å²) in [5, 5.41) is 0. The molecule has 0 atom stereocenters. The van der Waals surface area contributed by atoms with Gasteiger partial charge in [0.2, 0.25) is 0 Å². The summed E-state index contributed by atoms with van der Waals surface area (Å²) in [7, 11) is 0. The second-order valence-corrected chi connectivity index (χ2v) is 7.58. The third-order valence-corrected chi connectivity index (χ3v) is 3.48. The van der Waals surface area contributed by atoms with Crippen LogP contribution in [0.5, 0.6) is 0 Å². The van der Waals surface area contributed by atoms with Gasteiger partial charge in [0.15, 0.2) is 0 Å². The molecule has 0 rings (SSSR count). The standard InChI is InChI=1S/C17H34O/c1-9-17(10-2,14-18-16(6,7)8)13-11-12-15(3,4)5/h11-12H,9-10,13-14H2,1-8H3/b12-11+. The monoisotopic (exact) mass is 254 g/mol. The van der Waals surface area contributed by atoms with E-state index in [0.717, 1.165) is 13.0 Å². The Bertz CT molecular complexity index is 246. The number of rotatable bonds is 6. The van der Waals surface area contributed by atoms with Crippen molar-refractivity contribution >= 4 is 0 Å². The van der Waals surface area contributed by atoms with Crippen molar-refractivity contribution in [2.75, 3.05) is 6.61 Å². The molecule has 0 bridgehead atoms. The fourth-order valence-corrected chi connectivity index (χ4v) is 1.83. The summed E-state index contributed by atoms with van der Waals surface area (Å²) in [6.07, 6.45) is 8.14. The second kappa shape index (κ2) is 6.75. The van der Waals surface area contributed by atoms with E-state index < -0.39 is 0 Å². The molecule has 0 aromatic carbocycles. The topological polar surface area (TPSA) is 9.23 Å². The lowest BCUT2D eigenvalue weighted by molar-refractivity contribution is -0.0545. The van der Waals surface area contributed by atoms with Crippen LogP contribution < -0.4 is 0 Å². The Hall–Kier alpha value is -0.300. The van der Waals surface area contributed by atoms with Gasteiger partial charge in [-0.2, -0.15) is 0 Å². The molecule has 1 heteroatoms. The van der Waals surface area contributed by atoms with Gasteiger partial charge in [-0.3, -0.25) is 0 Å². The zero-order valence-corrected chi connectivity index (χ0v) is 13.9. The van der Waals surface area contributed by atoms with Crippen LogP contribution in [0.25, 0.3) is 0 Å². The van der Waals surface area contributed by atoms with E-state index in [-0.39, 0.29) is 11.0 Å². The highest BCUT2D eigenvalue weighted by atomic mass is 16.5. The van der Waals surface area contributed by atoms with Crippen molar-refractivity contribution in [1.29, 1.82) is 0 Å². The second-order valence-electron chi connectivity index (χ2n) is 7.58. The van der Waals surface area contributed by atoms with Crippen molar-refractivity contribution < 1.29 is 4.74 Å². The molecule has 0 amide bonds. The van der Waals surface area contributed by atoms with E-state index in [1.54, 1.807) is 0 Å². The summed E-state index contributed by atoms with van der Waals surface area (Å²) in [4.78, 5) is 0. The van der Waals surface area contributed by atoms with E-state index in [1.165, 1.54) is 12.8 Å². The largest absolute Gasteiger partial charge is 0.375 e. The van der Waals surface area contributed by atoms with Crippen molar-refractivity contribution in [2.24, 2.45) is 10.8 Å². The molecule has 0 N–H and O–H groups in total. The average Bonchev–Trinajstić information content (AvgIpc) is 2.20. The lowest BCUT2D eigenvalue weighted by Crippen LogP contribution is -2.31. The molecule has 0 fully saturated rings. The zero-order valence-electron chi connectivity index (χ0n) is 13.9. The van der Waals surface area contributed by atoms with Crippen molar-refractivity contribution in [3.8, 4) is 0 Å². The van der Waals surface area contributed by atoms with Crippen LogP contribution in [-0.4, -0.2) is 12.2 Å². The molecule has 0 aromatic rings. The van der Waals surface area contributed by atoms with Gasteiger partial charge in [-0.25, -0.2) is 0 Å². The Morgan fingerprint density at radius 1 is 0.889 bits per heavy atom. The van der Waals surface area contributed by atoms with Crippen LogP contribution in [0.15, 0.2) is 12.2 Å². The minimum Gasteiger partial charge on any atom is -0.375 e. The predicted molar refractivity (Wildman–Crippen MR) is 81.9 cm³/mol. The van der Waals surface area contributed by atoms with Crippen LogP contribution in [0.1, 0.15) is 74.7 Å². The van der Waals surface area contributed by atoms with Crippen molar-refractivity contribution in [3.63, 3.8) is 0 Å². The molecule has 108 valence electrons. The molecule has 0 spiro atoms. The van der Waals surface area contributed by atoms with Crippen LogP contribution in [0.4, 0.5) is 0 Å². The van der Waals surface area contributed by atoms with E-state index in [0.29, 0.717) is 5.41 Å². The lowest BCUT2D eigenvalue weighted by atomic mass is 9.79. The third kappa shape index (κ3) is 7.92. The van der Waals surface area contributed by atoms with E-state index in [2.05, 4.69) is 67.5 Å². The normalized spacial score (nSPS) is 14.4. The molecule has 18 heavy (non-hydrogen) atoms. The molecule has 0 saturated carbocycles. The van der Waals surface area contributed by atoms with Gasteiger partial charge in [-0.15, -0.1) is 0 Å². The average molecular weight is 254 g/mol. The lowest BCUT2D eigenvalue weighted by Gasteiger charge is -2.34. The van der Waals surface area contributed by atoms with E-state index in [1.807, 2.05) is 0 Å². The molecule has 0 aliphatic rings. The quantitative estimate of drug-likeness (QED) is 0.561. The highest BCUT2D eigenvalue weighted by molar-refractivity contribution is 4.96. The van der Waals surface area contributed by atoms with Gasteiger partial charge in [0, 0.05) is 0 Å². The summed E-state index contributed by atoms with van der Waals surface area (Å²) in [6.45, 7) is 18.5. The molecule has 0 heterocycles. The van der Waals surface area contributed by atoms with Gasteiger partial charge >= 0.3 is 0 Å². The van der Waals surface area contributed by atoms with Gasteiger partial charge in [-0.1, -0.05) is 46.8 Å². The van der Waals surface area contributed by atoms with Crippen molar-refractivity contribution in [3.05, 3.63) is 12.2 Å². The van der Waals surface area contributed by atoms with Gasteiger partial charge in [0.1, 0.15) is 0 Å². The summed E-state index contributed by atoms with van der Waals surface area (Å²) >= 11 is 0. The SMILES string of the molecule is CCC(CC)(C/C=C/C(C)(C)C)COC(C)(C)C. The molecule has 0 aromatic heterocycles. The number of allylic oxidation sites excluding steroid dienone is 2. The Morgan fingerprint density at radius 3 is 1.72 bits per heavy atom. The smallest absolute Gasteiger partial charge is 0.0598 e. The molecule has 0 unspecified atom stereocenters. The van der Waals surface area contributed by atoms with E-state index in [9.17, 15) is 0 Å². The van der Waals surface area contributed by atoms with Gasteiger partial charge in [0.05, 0.1) is 12.2 Å². The van der Waals surface area contributed by atoms with Gasteiger partial charge in [-0.05, 0) is 50.9 Å². The molecular weight excluding hydrogens is 220 g/mol. The number of hydrogen-bond acceptors (Lipinski definition) is 1. The zero-order chi connectivity index (χ0) is 14.4. The first-order valence-electron chi connectivity index (χ1n) is 7.35. The van der Waals surface area contributed by atoms with Crippen molar-refractivity contribution in [2.45, 2.75) is 80.3 Å². The first kappa shape index (κ1) is 17.7. The highest BCUT2D eigenvalue weighted by Crippen LogP contribution is 2.33. The van der Waals surface area contributed by atoms with Crippen LogP contribution in [0.2, 0.25) is 0 Å². The number of hydrogen-bond donors (Lipinski definition) is 0. The first-order chi connectivity index (χ1) is 8.04. The van der Waals surface area contributed by atoms with Crippen LogP contribution in [0, 0.1) is 10.8 Å². The fraction of sp³-hybridized carbons (Fsp3) is 0.882. The summed E-state index contributed by atoms with van der Waals surface area (Å²) in [5.41, 5.74) is 0.538. The fourth-order valence-electron chi connectivity index (χ4n) is 1.83. The summed E-state index contributed by atoms with van der Waals surface area (Å²) in [6, 6.07) is 0. The highest BCUT2D eigenvalue weighted by Gasteiger charge is 2.27. The molecule has 0 radical (unpaired) electrons. The number of ether oxygens (including phenoxy) is 1. The van der Waals surface area contributed by atoms with Gasteiger partial charge in [0.25, 0.3) is 0 Å². The van der Waals surface area contributed by atoms with Crippen molar-refractivity contribution in [1.82, 2.24) is 0 Å². The Labute approximate surface area is 115 Å².